The van der Waals surface area contributed by atoms with Gasteiger partial charge in [-0.05, 0) is 72.5 Å². The number of nitrogens with zero attached hydrogens (tertiary/aromatic N) is 2. The lowest BCUT2D eigenvalue weighted by Crippen LogP contribution is -2.54. The fraction of sp³-hybridized carbons (Fsp3) is 0.115. The zero-order valence-electron chi connectivity index (χ0n) is 19.0. The van der Waals surface area contributed by atoms with E-state index in [4.69, 9.17) is 4.74 Å². The summed E-state index contributed by atoms with van der Waals surface area (Å²) in [5.41, 5.74) is 3.07. The van der Waals surface area contributed by atoms with E-state index in [0.717, 1.165) is 21.6 Å². The molecule has 0 aromatic heterocycles. The van der Waals surface area contributed by atoms with Crippen LogP contribution in [0.15, 0.2) is 72.3 Å². The van der Waals surface area contributed by atoms with Crippen molar-refractivity contribution in [2.75, 3.05) is 4.90 Å². The quantitative estimate of drug-likeness (QED) is 0.245. The third-order valence-electron chi connectivity index (χ3n) is 5.43. The molecular weight excluding hydrogens is 450 g/mol. The average molecular weight is 471 g/mol. The number of ether oxygens (including phenoxy) is 1. The molecule has 0 unspecified atom stereocenters. The first kappa shape index (κ1) is 23.4. The number of nitro benzene ring substituents is 1. The number of barbiturate groups is 1. The first-order chi connectivity index (χ1) is 16.7. The summed E-state index contributed by atoms with van der Waals surface area (Å²) in [6.45, 7) is 3.80. The van der Waals surface area contributed by atoms with Crippen LogP contribution in [0.2, 0.25) is 0 Å². The molecule has 1 heterocycles. The Morgan fingerprint density at radius 2 is 1.74 bits per heavy atom. The third kappa shape index (κ3) is 5.09. The van der Waals surface area contributed by atoms with Gasteiger partial charge in [0.05, 0.1) is 10.6 Å². The molecule has 1 saturated heterocycles. The van der Waals surface area contributed by atoms with Gasteiger partial charge in [-0.1, -0.05) is 24.3 Å². The molecule has 3 aromatic rings. The average Bonchev–Trinajstić information content (AvgIpc) is 2.83. The van der Waals surface area contributed by atoms with E-state index in [2.05, 4.69) is 5.32 Å². The molecule has 35 heavy (non-hydrogen) atoms. The molecule has 0 radical (unpaired) electrons. The van der Waals surface area contributed by atoms with Gasteiger partial charge in [-0.15, -0.1) is 0 Å². The molecule has 1 aliphatic rings. The molecule has 0 atom stereocenters. The Balaban J connectivity index is 1.56. The number of urea groups is 1. The van der Waals surface area contributed by atoms with E-state index in [1.807, 2.05) is 13.0 Å². The largest absolute Gasteiger partial charge is 0.489 e. The standard InChI is InChI=1S/C26H21N3O6/c1-16-6-7-17(2)23(12-16)28-25(31)22(24(30)27-26(28)32)14-19-4-3-5-21(13-19)35-15-18-8-10-20(11-9-18)29(33)34/h3-14H,15H2,1-2H3,(H,27,30,32)/b22-14-. The van der Waals surface area contributed by atoms with E-state index >= 15 is 0 Å². The number of hydrogen-bond donors (Lipinski definition) is 1. The van der Waals surface area contributed by atoms with Crippen molar-refractivity contribution in [3.63, 3.8) is 0 Å². The SMILES string of the molecule is Cc1ccc(C)c(N2C(=O)NC(=O)/C(=C/c3cccc(OCc4ccc([N+](=O)[O-])cc4)c3)C2=O)c1. The number of rotatable bonds is 6. The molecule has 1 fully saturated rings. The van der Waals surface area contributed by atoms with Crippen LogP contribution in [0.5, 0.6) is 5.75 Å². The van der Waals surface area contributed by atoms with E-state index in [9.17, 15) is 24.5 Å². The zero-order chi connectivity index (χ0) is 25.1. The molecule has 0 saturated carbocycles. The Hall–Kier alpha value is -4.79. The van der Waals surface area contributed by atoms with Crippen LogP contribution in [-0.4, -0.2) is 22.8 Å². The summed E-state index contributed by atoms with van der Waals surface area (Å²) >= 11 is 0. The van der Waals surface area contributed by atoms with Crippen LogP contribution >= 0.6 is 0 Å². The van der Waals surface area contributed by atoms with Gasteiger partial charge in [0.1, 0.15) is 17.9 Å². The molecule has 0 spiro atoms. The molecule has 176 valence electrons. The monoisotopic (exact) mass is 471 g/mol. The van der Waals surface area contributed by atoms with Crippen LogP contribution in [0.1, 0.15) is 22.3 Å². The summed E-state index contributed by atoms with van der Waals surface area (Å²) < 4.78 is 5.76. The zero-order valence-corrected chi connectivity index (χ0v) is 19.0. The number of carbonyl (C=O) groups excluding carboxylic acids is 3. The van der Waals surface area contributed by atoms with Gasteiger partial charge in [0, 0.05) is 12.1 Å². The van der Waals surface area contributed by atoms with Gasteiger partial charge < -0.3 is 4.74 Å². The molecular formula is C26H21N3O6. The van der Waals surface area contributed by atoms with Crippen molar-refractivity contribution in [2.45, 2.75) is 20.5 Å². The Morgan fingerprint density at radius 3 is 2.46 bits per heavy atom. The van der Waals surface area contributed by atoms with Crippen LogP contribution in [0.25, 0.3) is 6.08 Å². The fourth-order valence-corrected chi connectivity index (χ4v) is 3.58. The maximum absolute atomic E-state index is 13.2. The summed E-state index contributed by atoms with van der Waals surface area (Å²) in [5, 5.41) is 13.0. The first-order valence-electron chi connectivity index (χ1n) is 10.7. The molecule has 1 N–H and O–H groups in total. The van der Waals surface area contributed by atoms with Gasteiger partial charge in [-0.25, -0.2) is 9.69 Å². The van der Waals surface area contributed by atoms with Gasteiger partial charge in [0.25, 0.3) is 17.5 Å². The molecule has 0 bridgehead atoms. The molecule has 1 aliphatic heterocycles. The van der Waals surface area contributed by atoms with E-state index in [1.165, 1.54) is 18.2 Å². The Morgan fingerprint density at radius 1 is 1.00 bits per heavy atom. The van der Waals surface area contributed by atoms with Gasteiger partial charge in [0.2, 0.25) is 0 Å². The highest BCUT2D eigenvalue weighted by Gasteiger charge is 2.37. The number of anilines is 1. The van der Waals surface area contributed by atoms with Crippen LogP contribution < -0.4 is 15.0 Å². The topological polar surface area (TPSA) is 119 Å². The number of hydrogen-bond acceptors (Lipinski definition) is 6. The van der Waals surface area contributed by atoms with Gasteiger partial charge in [-0.2, -0.15) is 0 Å². The van der Waals surface area contributed by atoms with E-state index in [1.54, 1.807) is 55.5 Å². The highest BCUT2D eigenvalue weighted by atomic mass is 16.6. The number of amides is 4. The summed E-state index contributed by atoms with van der Waals surface area (Å²) in [5.74, 6) is -1.02. The van der Waals surface area contributed by atoms with Crippen LogP contribution in [-0.2, 0) is 16.2 Å². The fourth-order valence-electron chi connectivity index (χ4n) is 3.58. The van der Waals surface area contributed by atoms with Crippen molar-refractivity contribution in [3.05, 3.63) is 105 Å². The molecule has 4 amide bonds. The van der Waals surface area contributed by atoms with E-state index in [-0.39, 0.29) is 17.9 Å². The number of benzene rings is 3. The second-order valence-electron chi connectivity index (χ2n) is 8.03. The number of nitrogens with one attached hydrogen (secondary N) is 1. The molecule has 0 aliphatic carbocycles. The smallest absolute Gasteiger partial charge is 0.335 e. The molecule has 9 heteroatoms. The minimum atomic E-state index is -0.800. The lowest BCUT2D eigenvalue weighted by atomic mass is 10.0. The van der Waals surface area contributed by atoms with Crippen molar-refractivity contribution >= 4 is 35.3 Å². The second-order valence-corrected chi connectivity index (χ2v) is 8.03. The van der Waals surface area contributed by atoms with Crippen molar-refractivity contribution in [2.24, 2.45) is 0 Å². The second kappa shape index (κ2) is 9.60. The van der Waals surface area contributed by atoms with Gasteiger partial charge in [-0.3, -0.25) is 25.0 Å². The number of carbonyl (C=O) groups is 3. The van der Waals surface area contributed by atoms with Crippen molar-refractivity contribution in [3.8, 4) is 5.75 Å². The highest BCUT2D eigenvalue weighted by Crippen LogP contribution is 2.27. The lowest BCUT2D eigenvalue weighted by molar-refractivity contribution is -0.384. The summed E-state index contributed by atoms with van der Waals surface area (Å²) in [4.78, 5) is 49.4. The minimum Gasteiger partial charge on any atom is -0.489 e. The van der Waals surface area contributed by atoms with E-state index < -0.39 is 22.8 Å². The maximum atomic E-state index is 13.2. The summed E-state index contributed by atoms with van der Waals surface area (Å²) in [6, 6.07) is 17.4. The number of aryl methyl sites for hydroxylation is 2. The first-order valence-corrected chi connectivity index (χ1v) is 10.7. The summed E-state index contributed by atoms with van der Waals surface area (Å²) in [7, 11) is 0. The van der Waals surface area contributed by atoms with Crippen LogP contribution in [0.3, 0.4) is 0 Å². The normalized spacial score (nSPS) is 14.7. The molecule has 3 aromatic carbocycles. The predicted octanol–water partition coefficient (Wildman–Crippen LogP) is 4.46. The van der Waals surface area contributed by atoms with Crippen LogP contribution in [0.4, 0.5) is 16.2 Å². The lowest BCUT2D eigenvalue weighted by Gasteiger charge is -2.27. The summed E-state index contributed by atoms with van der Waals surface area (Å²) in [6.07, 6.45) is 1.40. The number of non-ortho nitro benzene ring substituents is 1. The van der Waals surface area contributed by atoms with Crippen molar-refractivity contribution < 1.29 is 24.0 Å². The maximum Gasteiger partial charge on any atom is 0.335 e. The van der Waals surface area contributed by atoms with Crippen LogP contribution in [0, 0.1) is 24.0 Å². The predicted molar refractivity (Wildman–Crippen MR) is 129 cm³/mol. The Bertz CT molecular complexity index is 1380. The van der Waals surface area contributed by atoms with Gasteiger partial charge in [0.15, 0.2) is 0 Å². The number of nitro groups is 1. The van der Waals surface area contributed by atoms with Gasteiger partial charge >= 0.3 is 6.03 Å². The van der Waals surface area contributed by atoms with Crippen molar-refractivity contribution in [1.82, 2.24) is 5.32 Å². The Kier molecular flexibility index (Phi) is 6.41. The van der Waals surface area contributed by atoms with Crippen molar-refractivity contribution in [1.29, 1.82) is 0 Å². The van der Waals surface area contributed by atoms with E-state index in [0.29, 0.717) is 17.0 Å². The highest BCUT2D eigenvalue weighted by molar-refractivity contribution is 6.39. The third-order valence-corrected chi connectivity index (χ3v) is 5.43. The minimum absolute atomic E-state index is 0.00817. The molecule has 4 rings (SSSR count). The number of imide groups is 2. The Labute approximate surface area is 200 Å². The molecule has 9 nitrogen and oxygen atoms in total.